The van der Waals surface area contributed by atoms with Gasteiger partial charge in [-0.2, -0.15) is 4.39 Å². The average Bonchev–Trinajstić information content (AvgIpc) is 2.62. The van der Waals surface area contributed by atoms with Gasteiger partial charge >= 0.3 is 11.7 Å². The van der Waals surface area contributed by atoms with E-state index in [9.17, 15) is 38.2 Å². The number of aliphatic carboxylic acids is 1. The summed E-state index contributed by atoms with van der Waals surface area (Å²) in [6, 6.07) is 4.06. The van der Waals surface area contributed by atoms with Gasteiger partial charge in [0, 0.05) is 0 Å². The number of carbonyl (C=O) groups is 1. The first-order chi connectivity index (χ1) is 13.1. The van der Waals surface area contributed by atoms with Gasteiger partial charge < -0.3 is 10.4 Å². The molecule has 0 saturated carbocycles. The van der Waals surface area contributed by atoms with Gasteiger partial charge in [0.2, 0.25) is 5.82 Å². The number of nitro benzene ring substituents is 2. The Hall–Kier alpha value is -3.70. The van der Waals surface area contributed by atoms with Crippen molar-refractivity contribution in [2.75, 3.05) is 5.32 Å². The van der Waals surface area contributed by atoms with Crippen molar-refractivity contribution in [3.8, 4) is 0 Å². The molecule has 0 aliphatic heterocycles. The van der Waals surface area contributed by atoms with E-state index < -0.39 is 50.7 Å². The second kappa shape index (κ2) is 9.85. The van der Waals surface area contributed by atoms with Crippen LogP contribution in [-0.2, 0) is 4.79 Å². The van der Waals surface area contributed by atoms with E-state index in [-0.39, 0.29) is 12.1 Å². The van der Waals surface area contributed by atoms with Crippen LogP contribution in [0.15, 0.2) is 36.4 Å². The van der Waals surface area contributed by atoms with Crippen LogP contribution >= 0.6 is 0 Å². The van der Waals surface area contributed by atoms with E-state index in [1.807, 2.05) is 0 Å². The molecule has 0 spiro atoms. The fourth-order valence-electron chi connectivity index (χ4n) is 1.93. The predicted molar refractivity (Wildman–Crippen MR) is 91.4 cm³/mol. The van der Waals surface area contributed by atoms with Crippen LogP contribution in [-0.4, -0.2) is 27.0 Å². The number of nitro groups is 2. The van der Waals surface area contributed by atoms with Crippen LogP contribution in [0.5, 0.6) is 0 Å². The van der Waals surface area contributed by atoms with Crippen molar-refractivity contribution >= 4 is 23.0 Å². The Morgan fingerprint density at radius 1 is 1.04 bits per heavy atom. The molecule has 150 valence electrons. The van der Waals surface area contributed by atoms with Crippen LogP contribution in [0.1, 0.15) is 13.3 Å². The van der Waals surface area contributed by atoms with Crippen molar-refractivity contribution in [2.24, 2.45) is 0 Å². The molecule has 2 aromatic rings. The van der Waals surface area contributed by atoms with Gasteiger partial charge in [0.1, 0.15) is 23.4 Å². The number of nitrogens with one attached hydrogen (secondary N) is 1. The minimum absolute atomic E-state index is 0.00866. The third-order valence-electron chi connectivity index (χ3n) is 3.30. The second-order valence-corrected chi connectivity index (χ2v) is 5.21. The number of benzene rings is 2. The molecule has 28 heavy (non-hydrogen) atoms. The van der Waals surface area contributed by atoms with E-state index in [2.05, 4.69) is 5.32 Å². The predicted octanol–water partition coefficient (Wildman–Crippen LogP) is 3.88. The maximum absolute atomic E-state index is 12.8. The molecule has 0 radical (unpaired) electrons. The molecule has 12 heteroatoms. The summed E-state index contributed by atoms with van der Waals surface area (Å²) < 4.78 is 37.5. The van der Waals surface area contributed by atoms with E-state index in [1.54, 1.807) is 6.92 Å². The second-order valence-electron chi connectivity index (χ2n) is 5.21. The van der Waals surface area contributed by atoms with Crippen LogP contribution in [0.25, 0.3) is 0 Å². The standard InChI is InChI=1S/C10H11FN2O4.C6H3F2NO2/c1-2-7(10(14)15)12-8-4-3-6(11)5-9(8)13(16)17;7-4-1-2-5(8)6(3-4)9(10)11/h3-5,7,12H,2H2,1H3,(H,14,15);1-3H. The van der Waals surface area contributed by atoms with Crippen LogP contribution in [0.3, 0.4) is 0 Å². The van der Waals surface area contributed by atoms with E-state index in [1.165, 1.54) is 0 Å². The van der Waals surface area contributed by atoms with E-state index >= 15 is 0 Å². The van der Waals surface area contributed by atoms with Crippen molar-refractivity contribution in [3.63, 3.8) is 0 Å². The smallest absolute Gasteiger partial charge is 0.326 e. The normalized spacial score (nSPS) is 11.0. The fraction of sp³-hybridized carbons (Fsp3) is 0.188. The number of carboxylic acid groups (broad SMARTS) is 1. The Bertz CT molecular complexity index is 894. The zero-order chi connectivity index (χ0) is 21.4. The molecule has 0 aromatic heterocycles. The van der Waals surface area contributed by atoms with E-state index in [4.69, 9.17) is 5.11 Å². The molecule has 0 aliphatic rings. The first kappa shape index (κ1) is 22.3. The topological polar surface area (TPSA) is 136 Å². The Balaban J connectivity index is 0.000000307. The molecule has 0 bridgehead atoms. The van der Waals surface area contributed by atoms with Crippen molar-refractivity contribution in [2.45, 2.75) is 19.4 Å². The summed E-state index contributed by atoms with van der Waals surface area (Å²) in [5.74, 6) is -3.72. The number of halogens is 3. The van der Waals surface area contributed by atoms with Gasteiger partial charge in [0.25, 0.3) is 5.69 Å². The Labute approximate surface area is 155 Å². The van der Waals surface area contributed by atoms with Crippen molar-refractivity contribution < 1.29 is 32.9 Å². The van der Waals surface area contributed by atoms with Gasteiger partial charge in [-0.3, -0.25) is 20.2 Å². The number of rotatable bonds is 6. The molecule has 2 rings (SSSR count). The Kier molecular flexibility index (Phi) is 7.86. The molecule has 2 aromatic carbocycles. The molecular formula is C16H14F3N3O6. The number of anilines is 1. The Morgan fingerprint density at radius 2 is 1.54 bits per heavy atom. The maximum atomic E-state index is 12.8. The molecule has 1 unspecified atom stereocenters. The average molecular weight is 401 g/mol. The van der Waals surface area contributed by atoms with Gasteiger partial charge in [0.15, 0.2) is 0 Å². The van der Waals surface area contributed by atoms with Gasteiger partial charge in [-0.25, -0.2) is 13.6 Å². The van der Waals surface area contributed by atoms with Crippen molar-refractivity contribution in [1.82, 2.24) is 0 Å². The van der Waals surface area contributed by atoms with E-state index in [0.29, 0.717) is 12.1 Å². The summed E-state index contributed by atoms with van der Waals surface area (Å²) in [6.07, 6.45) is 0.254. The highest BCUT2D eigenvalue weighted by molar-refractivity contribution is 5.78. The first-order valence-corrected chi connectivity index (χ1v) is 7.59. The fourth-order valence-corrected chi connectivity index (χ4v) is 1.93. The SMILES string of the molecule is CCC(Nc1ccc(F)cc1[N+](=O)[O-])C(=O)O.O=[N+]([O-])c1cc(F)ccc1F. The summed E-state index contributed by atoms with van der Waals surface area (Å²) in [5.41, 5.74) is -1.33. The van der Waals surface area contributed by atoms with Crippen LogP contribution in [0.4, 0.5) is 30.2 Å². The summed E-state index contributed by atoms with van der Waals surface area (Å²) >= 11 is 0. The lowest BCUT2D eigenvalue weighted by Gasteiger charge is -2.13. The maximum Gasteiger partial charge on any atom is 0.326 e. The number of nitrogens with zero attached hydrogens (tertiary/aromatic N) is 2. The van der Waals surface area contributed by atoms with Gasteiger partial charge in [-0.15, -0.1) is 0 Å². The van der Waals surface area contributed by atoms with Crippen LogP contribution < -0.4 is 5.32 Å². The van der Waals surface area contributed by atoms with Crippen molar-refractivity contribution in [3.05, 3.63) is 74.1 Å². The van der Waals surface area contributed by atoms with Crippen molar-refractivity contribution in [1.29, 1.82) is 0 Å². The lowest BCUT2D eigenvalue weighted by atomic mass is 10.2. The lowest BCUT2D eigenvalue weighted by molar-refractivity contribution is -0.387. The third-order valence-corrected chi connectivity index (χ3v) is 3.30. The van der Waals surface area contributed by atoms with Gasteiger partial charge in [-0.1, -0.05) is 6.92 Å². The molecular weight excluding hydrogens is 387 g/mol. The number of carboxylic acids is 1. The molecule has 0 heterocycles. The molecule has 0 aliphatic carbocycles. The molecule has 0 amide bonds. The highest BCUT2D eigenvalue weighted by Gasteiger charge is 2.21. The lowest BCUT2D eigenvalue weighted by Crippen LogP contribution is -2.28. The Morgan fingerprint density at radius 3 is 1.96 bits per heavy atom. The molecule has 1 atom stereocenters. The molecule has 0 saturated heterocycles. The quantitative estimate of drug-likeness (QED) is 0.554. The largest absolute Gasteiger partial charge is 0.480 e. The molecule has 2 N–H and O–H groups in total. The zero-order valence-corrected chi connectivity index (χ0v) is 14.3. The molecule has 9 nitrogen and oxygen atoms in total. The van der Waals surface area contributed by atoms with E-state index in [0.717, 1.165) is 24.3 Å². The van der Waals surface area contributed by atoms with Crippen LogP contribution in [0, 0.1) is 37.7 Å². The minimum atomic E-state index is -1.12. The highest BCUT2D eigenvalue weighted by Crippen LogP contribution is 2.26. The first-order valence-electron chi connectivity index (χ1n) is 7.59. The molecule has 0 fully saturated rings. The third kappa shape index (κ3) is 6.23. The summed E-state index contributed by atoms with van der Waals surface area (Å²) in [7, 11) is 0. The number of hydrogen-bond donors (Lipinski definition) is 2. The van der Waals surface area contributed by atoms with Gasteiger partial charge in [0.05, 0.1) is 22.0 Å². The van der Waals surface area contributed by atoms with Gasteiger partial charge in [-0.05, 0) is 30.7 Å². The number of hydrogen-bond acceptors (Lipinski definition) is 6. The van der Waals surface area contributed by atoms with Crippen LogP contribution in [0.2, 0.25) is 0 Å². The minimum Gasteiger partial charge on any atom is -0.480 e. The zero-order valence-electron chi connectivity index (χ0n) is 14.3. The summed E-state index contributed by atoms with van der Waals surface area (Å²) in [5, 5.41) is 31.9. The highest BCUT2D eigenvalue weighted by atomic mass is 19.1. The monoisotopic (exact) mass is 401 g/mol. The summed E-state index contributed by atoms with van der Waals surface area (Å²) in [6.45, 7) is 1.63. The summed E-state index contributed by atoms with van der Waals surface area (Å²) in [4.78, 5) is 29.7.